The van der Waals surface area contributed by atoms with Crippen molar-refractivity contribution in [2.24, 2.45) is 0 Å². The summed E-state index contributed by atoms with van der Waals surface area (Å²) in [4.78, 5) is 27.6. The molecule has 0 aliphatic heterocycles. The van der Waals surface area contributed by atoms with Gasteiger partial charge in [0.05, 0.1) is 17.0 Å². The second-order valence-corrected chi connectivity index (χ2v) is 6.47. The monoisotopic (exact) mass is 358 g/mol. The van der Waals surface area contributed by atoms with E-state index in [1.54, 1.807) is 6.07 Å². The van der Waals surface area contributed by atoms with Gasteiger partial charge in [0.2, 0.25) is 10.0 Å². The average molecular weight is 358 g/mol. The van der Waals surface area contributed by atoms with Crippen molar-refractivity contribution in [3.63, 3.8) is 0 Å². The van der Waals surface area contributed by atoms with Crippen LogP contribution in [-0.4, -0.2) is 31.8 Å². The number of hydrogen-bond donors (Lipinski definition) is 3. The van der Waals surface area contributed by atoms with Gasteiger partial charge in [-0.15, -0.1) is 6.42 Å². The molecule has 0 saturated carbocycles. The van der Waals surface area contributed by atoms with Crippen LogP contribution in [-0.2, 0) is 10.0 Å². The lowest BCUT2D eigenvalue weighted by atomic mass is 10.2. The van der Waals surface area contributed by atoms with Crippen molar-refractivity contribution >= 4 is 21.8 Å². The van der Waals surface area contributed by atoms with Crippen molar-refractivity contribution in [1.29, 1.82) is 0 Å². The molecule has 25 heavy (non-hydrogen) atoms. The number of nitrogens with one attached hydrogen (secondary N) is 3. The Kier molecular flexibility index (Phi) is 5.84. The number of hydrogen-bond acceptors (Lipinski definition) is 5. The molecule has 3 N–H and O–H groups in total. The lowest BCUT2D eigenvalue weighted by molar-refractivity contribution is 0.0846. The molecule has 1 aromatic carbocycles. The maximum Gasteiger partial charge on any atom is 0.271 e. The maximum atomic E-state index is 12.1. The largest absolute Gasteiger partial charge is 0.271 e. The normalized spacial score (nSPS) is 10.5. The molecule has 0 bridgehead atoms. The second-order valence-electron chi connectivity index (χ2n) is 4.71. The number of nitrogens with zero attached hydrogens (tertiary/aromatic N) is 1. The van der Waals surface area contributed by atoms with E-state index in [1.807, 2.05) is 0 Å². The number of carbonyl (C=O) groups is 2. The molecule has 0 radical (unpaired) electrons. The molecule has 0 fully saturated rings. The molecule has 0 saturated heterocycles. The number of aromatic nitrogens is 1. The summed E-state index contributed by atoms with van der Waals surface area (Å²) in [7, 11) is -3.82. The SMILES string of the molecule is C#CCNS(=O)(=O)c1cccc(C(=O)NNC(=O)c2cccnc2)c1. The summed E-state index contributed by atoms with van der Waals surface area (Å²) in [5.74, 6) is 0.928. The van der Waals surface area contributed by atoms with E-state index >= 15 is 0 Å². The molecule has 0 atom stereocenters. The number of terminal acetylenes is 1. The average Bonchev–Trinajstić information content (AvgIpc) is 2.65. The standard InChI is InChI=1S/C16H14N4O4S/c1-2-8-18-25(23,24)14-7-3-5-12(10-14)15(21)19-20-16(22)13-6-4-9-17-11-13/h1,3-7,9-11,18H,8H2,(H,19,21)(H,20,22). The lowest BCUT2D eigenvalue weighted by Crippen LogP contribution is -2.41. The molecule has 0 unspecified atom stereocenters. The molecular weight excluding hydrogens is 344 g/mol. The summed E-state index contributed by atoms with van der Waals surface area (Å²) >= 11 is 0. The first-order chi connectivity index (χ1) is 11.9. The van der Waals surface area contributed by atoms with Crippen molar-refractivity contribution in [3.8, 4) is 12.3 Å². The Morgan fingerprint density at radius 2 is 1.76 bits per heavy atom. The van der Waals surface area contributed by atoms with Gasteiger partial charge in [0.1, 0.15) is 0 Å². The van der Waals surface area contributed by atoms with Gasteiger partial charge >= 0.3 is 0 Å². The molecule has 2 amide bonds. The predicted molar refractivity (Wildman–Crippen MR) is 89.6 cm³/mol. The molecule has 0 spiro atoms. The van der Waals surface area contributed by atoms with E-state index in [1.165, 1.54) is 42.7 Å². The predicted octanol–water partition coefficient (Wildman–Crippen LogP) is 0.0679. The molecule has 128 valence electrons. The van der Waals surface area contributed by atoms with Crippen LogP contribution < -0.4 is 15.6 Å². The first-order valence-corrected chi connectivity index (χ1v) is 8.46. The Morgan fingerprint density at radius 3 is 2.40 bits per heavy atom. The maximum absolute atomic E-state index is 12.1. The van der Waals surface area contributed by atoms with Crippen molar-refractivity contribution in [2.75, 3.05) is 6.54 Å². The third kappa shape index (κ3) is 4.87. The van der Waals surface area contributed by atoms with Crippen LogP contribution in [0.3, 0.4) is 0 Å². The zero-order valence-electron chi connectivity index (χ0n) is 12.9. The Hall–Kier alpha value is -3.22. The fourth-order valence-corrected chi connectivity index (χ4v) is 2.76. The van der Waals surface area contributed by atoms with Crippen molar-refractivity contribution in [3.05, 3.63) is 59.9 Å². The highest BCUT2D eigenvalue weighted by atomic mass is 32.2. The van der Waals surface area contributed by atoms with Gasteiger partial charge in [0.25, 0.3) is 11.8 Å². The number of carbonyl (C=O) groups excluding carboxylic acids is 2. The number of amides is 2. The summed E-state index contributed by atoms with van der Waals surface area (Å²) in [5, 5.41) is 0. The molecule has 8 nitrogen and oxygen atoms in total. The molecule has 0 aliphatic carbocycles. The molecule has 1 aromatic heterocycles. The minimum absolute atomic E-state index is 0.0510. The van der Waals surface area contributed by atoms with Crippen molar-refractivity contribution in [2.45, 2.75) is 4.90 Å². The first-order valence-electron chi connectivity index (χ1n) is 6.98. The lowest BCUT2D eigenvalue weighted by Gasteiger charge is -2.09. The third-order valence-corrected chi connectivity index (χ3v) is 4.38. The van der Waals surface area contributed by atoms with E-state index < -0.39 is 21.8 Å². The Morgan fingerprint density at radius 1 is 1.08 bits per heavy atom. The number of pyridine rings is 1. The smallest absolute Gasteiger partial charge is 0.267 e. The molecular formula is C16H14N4O4S. The summed E-state index contributed by atoms with van der Waals surface area (Å²) in [6.45, 7) is -0.167. The zero-order valence-corrected chi connectivity index (χ0v) is 13.7. The van der Waals surface area contributed by atoms with Gasteiger partial charge in [-0.2, -0.15) is 4.72 Å². The van der Waals surface area contributed by atoms with Crippen LogP contribution in [0.5, 0.6) is 0 Å². The number of benzene rings is 1. The van der Waals surface area contributed by atoms with E-state index in [0.29, 0.717) is 0 Å². The van der Waals surface area contributed by atoms with Crippen LogP contribution >= 0.6 is 0 Å². The quantitative estimate of drug-likeness (QED) is 0.516. The molecule has 9 heteroatoms. The van der Waals surface area contributed by atoms with Gasteiger partial charge in [0.15, 0.2) is 0 Å². The molecule has 2 aromatic rings. The van der Waals surface area contributed by atoms with Crippen molar-refractivity contribution in [1.82, 2.24) is 20.6 Å². The van der Waals surface area contributed by atoms with Crippen LogP contribution in [0.15, 0.2) is 53.7 Å². The highest BCUT2D eigenvalue weighted by Gasteiger charge is 2.16. The van der Waals surface area contributed by atoms with Crippen LogP contribution in [0.4, 0.5) is 0 Å². The Balaban J connectivity index is 2.06. The van der Waals surface area contributed by atoms with Gasteiger partial charge in [-0.05, 0) is 30.3 Å². The highest BCUT2D eigenvalue weighted by molar-refractivity contribution is 7.89. The molecule has 0 aliphatic rings. The highest BCUT2D eigenvalue weighted by Crippen LogP contribution is 2.11. The number of rotatable bonds is 5. The van der Waals surface area contributed by atoms with Gasteiger partial charge in [0, 0.05) is 18.0 Å². The van der Waals surface area contributed by atoms with Crippen LogP contribution in [0.2, 0.25) is 0 Å². The second kappa shape index (κ2) is 8.05. The molecule has 2 rings (SSSR count). The van der Waals surface area contributed by atoms with E-state index in [2.05, 4.69) is 26.5 Å². The summed E-state index contributed by atoms with van der Waals surface area (Å²) in [5.41, 5.74) is 4.74. The van der Waals surface area contributed by atoms with E-state index in [4.69, 9.17) is 6.42 Å². The number of hydrazine groups is 1. The zero-order chi connectivity index (χ0) is 18.3. The van der Waals surface area contributed by atoms with Gasteiger partial charge in [-0.25, -0.2) is 8.42 Å². The Bertz CT molecular complexity index is 921. The van der Waals surface area contributed by atoms with E-state index in [9.17, 15) is 18.0 Å². The number of sulfonamides is 1. The van der Waals surface area contributed by atoms with Crippen LogP contribution in [0.25, 0.3) is 0 Å². The van der Waals surface area contributed by atoms with E-state index in [-0.39, 0.29) is 22.6 Å². The van der Waals surface area contributed by atoms with Gasteiger partial charge in [-0.1, -0.05) is 12.0 Å². The minimum atomic E-state index is -3.82. The first kappa shape index (κ1) is 18.1. The van der Waals surface area contributed by atoms with Gasteiger partial charge in [-0.3, -0.25) is 25.4 Å². The summed E-state index contributed by atoms with van der Waals surface area (Å²) in [6, 6.07) is 8.41. The van der Waals surface area contributed by atoms with Crippen molar-refractivity contribution < 1.29 is 18.0 Å². The third-order valence-electron chi connectivity index (χ3n) is 2.98. The summed E-state index contributed by atoms with van der Waals surface area (Å²) < 4.78 is 26.2. The van der Waals surface area contributed by atoms with Crippen LogP contribution in [0, 0.1) is 12.3 Å². The Labute approximate surface area is 144 Å². The van der Waals surface area contributed by atoms with Gasteiger partial charge < -0.3 is 0 Å². The molecule has 1 heterocycles. The van der Waals surface area contributed by atoms with E-state index in [0.717, 1.165) is 0 Å². The summed E-state index contributed by atoms with van der Waals surface area (Å²) in [6.07, 6.45) is 7.87. The minimum Gasteiger partial charge on any atom is -0.267 e. The van der Waals surface area contributed by atoms with Crippen LogP contribution in [0.1, 0.15) is 20.7 Å². The fourth-order valence-electron chi connectivity index (χ4n) is 1.78. The topological polar surface area (TPSA) is 117 Å². The fraction of sp³-hybridized carbons (Fsp3) is 0.0625.